The molecule has 24 heavy (non-hydrogen) atoms. The third-order valence-electron chi connectivity index (χ3n) is 4.32. The molecule has 126 valence electrons. The van der Waals surface area contributed by atoms with E-state index in [0.29, 0.717) is 17.3 Å². The number of aryl methyl sites for hydroxylation is 2. The van der Waals surface area contributed by atoms with E-state index in [1.165, 1.54) is 0 Å². The molecule has 0 radical (unpaired) electrons. The number of carbonyl (C=O) groups excluding carboxylic acids is 2. The second-order valence-electron chi connectivity index (χ2n) is 6.10. The molecule has 0 aliphatic heterocycles. The molecule has 2 rings (SSSR count). The van der Waals surface area contributed by atoms with Crippen LogP contribution in [0.2, 0.25) is 0 Å². The van der Waals surface area contributed by atoms with Gasteiger partial charge in [-0.3, -0.25) is 9.59 Å². The van der Waals surface area contributed by atoms with Gasteiger partial charge in [-0.2, -0.15) is 0 Å². The Balaban J connectivity index is 2.09. The molecule has 0 bridgehead atoms. The molecule has 4 nitrogen and oxygen atoms in total. The highest BCUT2D eigenvalue weighted by atomic mass is 16.2. The summed E-state index contributed by atoms with van der Waals surface area (Å²) in [5, 5.41) is 5.36. The van der Waals surface area contributed by atoms with E-state index < -0.39 is 11.8 Å². The summed E-state index contributed by atoms with van der Waals surface area (Å²) in [4.78, 5) is 24.3. The monoisotopic (exact) mass is 324 g/mol. The molecule has 2 aromatic rings. The van der Waals surface area contributed by atoms with Crippen LogP contribution in [-0.2, 0) is 9.59 Å². The summed E-state index contributed by atoms with van der Waals surface area (Å²) in [5.41, 5.74) is 4.54. The molecule has 0 aromatic heterocycles. The molecule has 0 saturated carbocycles. The van der Waals surface area contributed by atoms with Gasteiger partial charge in [-0.25, -0.2) is 0 Å². The van der Waals surface area contributed by atoms with Gasteiger partial charge < -0.3 is 10.6 Å². The first-order valence-corrected chi connectivity index (χ1v) is 8.21. The van der Waals surface area contributed by atoms with Gasteiger partial charge >= 0.3 is 11.8 Å². The average Bonchev–Trinajstić information content (AvgIpc) is 2.58. The molecule has 0 heterocycles. The average molecular weight is 324 g/mol. The largest absolute Gasteiger partial charge is 0.318 e. The Morgan fingerprint density at radius 3 is 2.29 bits per heavy atom. The molecule has 2 amide bonds. The van der Waals surface area contributed by atoms with E-state index in [0.717, 1.165) is 23.1 Å². The SMILES string of the molecule is CCC(C)c1ccccc1NC(=O)C(=O)Nc1ccc(C)c(C)c1. The number of amides is 2. The fourth-order valence-corrected chi connectivity index (χ4v) is 2.45. The van der Waals surface area contributed by atoms with Crippen LogP contribution < -0.4 is 10.6 Å². The fraction of sp³-hybridized carbons (Fsp3) is 0.300. The Labute approximate surface area is 143 Å². The first-order valence-electron chi connectivity index (χ1n) is 8.21. The lowest BCUT2D eigenvalue weighted by Crippen LogP contribution is -2.29. The number of benzene rings is 2. The first-order chi connectivity index (χ1) is 11.4. The van der Waals surface area contributed by atoms with Crippen LogP contribution in [-0.4, -0.2) is 11.8 Å². The van der Waals surface area contributed by atoms with Gasteiger partial charge in [0.2, 0.25) is 0 Å². The highest BCUT2D eigenvalue weighted by Gasteiger charge is 2.17. The van der Waals surface area contributed by atoms with Crippen LogP contribution in [0.25, 0.3) is 0 Å². The minimum absolute atomic E-state index is 0.310. The number of rotatable bonds is 4. The van der Waals surface area contributed by atoms with Gasteiger partial charge in [0, 0.05) is 11.4 Å². The molecule has 0 aliphatic rings. The van der Waals surface area contributed by atoms with Gasteiger partial charge in [-0.05, 0) is 61.1 Å². The lowest BCUT2D eigenvalue weighted by Gasteiger charge is -2.15. The van der Waals surface area contributed by atoms with Crippen molar-refractivity contribution < 1.29 is 9.59 Å². The summed E-state index contributed by atoms with van der Waals surface area (Å²) in [6.45, 7) is 8.16. The Morgan fingerprint density at radius 2 is 1.62 bits per heavy atom. The predicted octanol–water partition coefficient (Wildman–Crippen LogP) is 4.39. The van der Waals surface area contributed by atoms with E-state index in [1.54, 1.807) is 6.07 Å². The van der Waals surface area contributed by atoms with Gasteiger partial charge in [0.05, 0.1) is 0 Å². The van der Waals surface area contributed by atoms with Crippen molar-refractivity contribution in [3.63, 3.8) is 0 Å². The lowest BCUT2D eigenvalue weighted by atomic mass is 9.97. The highest BCUT2D eigenvalue weighted by Crippen LogP contribution is 2.26. The zero-order chi connectivity index (χ0) is 17.7. The number of carbonyl (C=O) groups is 2. The van der Waals surface area contributed by atoms with Crippen LogP contribution >= 0.6 is 0 Å². The van der Waals surface area contributed by atoms with Gasteiger partial charge in [0.1, 0.15) is 0 Å². The van der Waals surface area contributed by atoms with Crippen LogP contribution in [0.15, 0.2) is 42.5 Å². The van der Waals surface area contributed by atoms with Crippen LogP contribution in [0.5, 0.6) is 0 Å². The van der Waals surface area contributed by atoms with Crippen molar-refractivity contribution in [3.05, 3.63) is 59.2 Å². The molecule has 2 N–H and O–H groups in total. The van der Waals surface area contributed by atoms with E-state index in [-0.39, 0.29) is 0 Å². The zero-order valence-corrected chi connectivity index (χ0v) is 14.6. The third-order valence-corrected chi connectivity index (χ3v) is 4.32. The molecule has 0 saturated heterocycles. The van der Waals surface area contributed by atoms with Crippen LogP contribution in [0.1, 0.15) is 42.9 Å². The quantitative estimate of drug-likeness (QED) is 0.819. The van der Waals surface area contributed by atoms with E-state index in [9.17, 15) is 9.59 Å². The van der Waals surface area contributed by atoms with Crippen LogP contribution in [0, 0.1) is 13.8 Å². The van der Waals surface area contributed by atoms with E-state index in [2.05, 4.69) is 24.5 Å². The molecule has 2 aromatic carbocycles. The van der Waals surface area contributed by atoms with Crippen molar-refractivity contribution in [1.29, 1.82) is 0 Å². The standard InChI is InChI=1S/C20H24N2O2/c1-5-13(2)17-8-6-7-9-18(17)22-20(24)19(23)21-16-11-10-14(3)15(4)12-16/h6-13H,5H2,1-4H3,(H,21,23)(H,22,24). The van der Waals surface area contributed by atoms with Crippen LogP contribution in [0.3, 0.4) is 0 Å². The van der Waals surface area contributed by atoms with Crippen molar-refractivity contribution in [2.24, 2.45) is 0 Å². The Hall–Kier alpha value is -2.62. The maximum atomic E-state index is 12.2. The summed E-state index contributed by atoms with van der Waals surface area (Å²) in [7, 11) is 0. The summed E-state index contributed by atoms with van der Waals surface area (Å²) in [6.07, 6.45) is 0.960. The van der Waals surface area contributed by atoms with Crippen molar-refractivity contribution in [3.8, 4) is 0 Å². The maximum absolute atomic E-state index is 12.2. The topological polar surface area (TPSA) is 58.2 Å². The van der Waals surface area contributed by atoms with E-state index >= 15 is 0 Å². The van der Waals surface area contributed by atoms with Crippen molar-refractivity contribution in [1.82, 2.24) is 0 Å². The zero-order valence-electron chi connectivity index (χ0n) is 14.6. The van der Waals surface area contributed by atoms with Gasteiger partial charge in [0.25, 0.3) is 0 Å². The lowest BCUT2D eigenvalue weighted by molar-refractivity contribution is -0.133. The van der Waals surface area contributed by atoms with E-state index in [1.807, 2.05) is 50.2 Å². The second kappa shape index (κ2) is 7.77. The van der Waals surface area contributed by atoms with Crippen LogP contribution in [0.4, 0.5) is 11.4 Å². The first kappa shape index (κ1) is 17.7. The maximum Gasteiger partial charge on any atom is 0.314 e. The Bertz CT molecular complexity index is 753. The minimum Gasteiger partial charge on any atom is -0.318 e. The Morgan fingerprint density at radius 1 is 0.958 bits per heavy atom. The summed E-state index contributed by atoms with van der Waals surface area (Å²) >= 11 is 0. The molecular weight excluding hydrogens is 300 g/mol. The van der Waals surface area contributed by atoms with Gasteiger partial charge in [0.15, 0.2) is 0 Å². The number of nitrogens with one attached hydrogen (secondary N) is 2. The van der Waals surface area contributed by atoms with Crippen molar-refractivity contribution in [2.75, 3.05) is 10.6 Å². The Kier molecular flexibility index (Phi) is 5.74. The van der Waals surface area contributed by atoms with Gasteiger partial charge in [-0.15, -0.1) is 0 Å². The number of hydrogen-bond donors (Lipinski definition) is 2. The molecule has 0 spiro atoms. The number of hydrogen-bond acceptors (Lipinski definition) is 2. The molecular formula is C20H24N2O2. The number of para-hydroxylation sites is 1. The molecule has 1 unspecified atom stereocenters. The van der Waals surface area contributed by atoms with Gasteiger partial charge in [-0.1, -0.05) is 38.1 Å². The highest BCUT2D eigenvalue weighted by molar-refractivity contribution is 6.43. The summed E-state index contributed by atoms with van der Waals surface area (Å²) in [6, 6.07) is 13.2. The molecule has 0 fully saturated rings. The summed E-state index contributed by atoms with van der Waals surface area (Å²) < 4.78 is 0. The summed E-state index contributed by atoms with van der Waals surface area (Å²) in [5.74, 6) is -1.02. The normalized spacial score (nSPS) is 11.7. The molecule has 1 atom stereocenters. The van der Waals surface area contributed by atoms with Crippen molar-refractivity contribution >= 4 is 23.2 Å². The third kappa shape index (κ3) is 4.22. The number of anilines is 2. The second-order valence-corrected chi connectivity index (χ2v) is 6.10. The smallest absolute Gasteiger partial charge is 0.314 e. The minimum atomic E-state index is -0.669. The van der Waals surface area contributed by atoms with E-state index in [4.69, 9.17) is 0 Å². The van der Waals surface area contributed by atoms with Crippen molar-refractivity contribution in [2.45, 2.75) is 40.0 Å². The fourth-order valence-electron chi connectivity index (χ4n) is 2.45. The predicted molar refractivity (Wildman–Crippen MR) is 98.3 cm³/mol. The molecule has 4 heteroatoms. The molecule has 0 aliphatic carbocycles.